The molecule has 0 radical (unpaired) electrons. The van der Waals surface area contributed by atoms with Gasteiger partial charge in [-0.05, 0) is 18.4 Å². The number of rotatable bonds is 7. The quantitative estimate of drug-likeness (QED) is 0.630. The van der Waals surface area contributed by atoms with E-state index in [1.165, 1.54) is 16.9 Å². The number of halogens is 1. The summed E-state index contributed by atoms with van der Waals surface area (Å²) in [7, 11) is 0. The highest BCUT2D eigenvalue weighted by Gasteiger charge is 2.07. The SMILES string of the molecule is O=C(Cc1nc(CCl)cs1)NCCCc1ccccc1. The molecule has 1 aromatic carbocycles. The van der Waals surface area contributed by atoms with Crippen molar-refractivity contribution in [3.8, 4) is 0 Å². The van der Waals surface area contributed by atoms with Crippen molar-refractivity contribution in [2.75, 3.05) is 6.54 Å². The molecule has 0 fully saturated rings. The standard InChI is InChI=1S/C15H17ClN2OS/c16-10-13-11-20-15(18-13)9-14(19)17-8-4-7-12-5-2-1-3-6-12/h1-3,5-6,11H,4,7-10H2,(H,17,19). The minimum Gasteiger partial charge on any atom is -0.356 e. The third-order valence-electron chi connectivity index (χ3n) is 2.86. The molecule has 0 aliphatic carbocycles. The van der Waals surface area contributed by atoms with E-state index in [1.54, 1.807) is 0 Å². The zero-order chi connectivity index (χ0) is 14.2. The van der Waals surface area contributed by atoms with Crippen molar-refractivity contribution < 1.29 is 4.79 Å². The molecule has 0 atom stereocenters. The lowest BCUT2D eigenvalue weighted by molar-refractivity contribution is -0.120. The van der Waals surface area contributed by atoms with Gasteiger partial charge in [-0.15, -0.1) is 22.9 Å². The number of nitrogens with one attached hydrogen (secondary N) is 1. The van der Waals surface area contributed by atoms with Gasteiger partial charge in [-0.3, -0.25) is 4.79 Å². The fourth-order valence-corrected chi connectivity index (χ4v) is 2.88. The molecule has 1 heterocycles. The van der Waals surface area contributed by atoms with Gasteiger partial charge in [-0.25, -0.2) is 4.98 Å². The van der Waals surface area contributed by atoms with Gasteiger partial charge in [0.2, 0.25) is 5.91 Å². The molecular weight excluding hydrogens is 292 g/mol. The second-order valence-corrected chi connectivity index (χ2v) is 5.69. The summed E-state index contributed by atoms with van der Waals surface area (Å²) >= 11 is 7.16. The molecule has 2 rings (SSSR count). The molecule has 0 aliphatic heterocycles. The van der Waals surface area contributed by atoms with Crippen LogP contribution in [0.15, 0.2) is 35.7 Å². The Bertz CT molecular complexity index is 542. The largest absolute Gasteiger partial charge is 0.356 e. The van der Waals surface area contributed by atoms with E-state index < -0.39 is 0 Å². The van der Waals surface area contributed by atoms with Crippen LogP contribution >= 0.6 is 22.9 Å². The molecule has 3 nitrogen and oxygen atoms in total. The van der Waals surface area contributed by atoms with Gasteiger partial charge in [0.25, 0.3) is 0 Å². The fourth-order valence-electron chi connectivity index (χ4n) is 1.86. The van der Waals surface area contributed by atoms with Crippen LogP contribution in [0, 0.1) is 0 Å². The van der Waals surface area contributed by atoms with Gasteiger partial charge in [-0.1, -0.05) is 30.3 Å². The number of hydrogen-bond acceptors (Lipinski definition) is 3. The lowest BCUT2D eigenvalue weighted by Crippen LogP contribution is -2.26. The monoisotopic (exact) mass is 308 g/mol. The van der Waals surface area contributed by atoms with Gasteiger partial charge in [0.15, 0.2) is 0 Å². The van der Waals surface area contributed by atoms with Crippen LogP contribution in [0.5, 0.6) is 0 Å². The summed E-state index contributed by atoms with van der Waals surface area (Å²) in [6.45, 7) is 0.696. The maximum absolute atomic E-state index is 11.7. The Morgan fingerprint density at radius 1 is 1.30 bits per heavy atom. The third-order valence-corrected chi connectivity index (χ3v) is 4.03. The number of aromatic nitrogens is 1. The zero-order valence-electron chi connectivity index (χ0n) is 11.1. The first-order valence-corrected chi connectivity index (χ1v) is 7.99. The summed E-state index contributed by atoms with van der Waals surface area (Å²) < 4.78 is 0. The lowest BCUT2D eigenvalue weighted by atomic mass is 10.1. The Labute approximate surface area is 128 Å². The first-order chi connectivity index (χ1) is 9.78. The zero-order valence-corrected chi connectivity index (χ0v) is 12.7. The average molecular weight is 309 g/mol. The normalized spacial score (nSPS) is 10.4. The smallest absolute Gasteiger partial charge is 0.226 e. The molecule has 106 valence electrons. The van der Waals surface area contributed by atoms with Crippen LogP contribution in [0.3, 0.4) is 0 Å². The van der Waals surface area contributed by atoms with Crippen molar-refractivity contribution >= 4 is 28.8 Å². The number of hydrogen-bond donors (Lipinski definition) is 1. The third kappa shape index (κ3) is 4.94. The van der Waals surface area contributed by atoms with Gasteiger partial charge < -0.3 is 5.32 Å². The maximum Gasteiger partial charge on any atom is 0.226 e. The molecule has 0 saturated heterocycles. The van der Waals surface area contributed by atoms with E-state index in [0.29, 0.717) is 18.8 Å². The van der Waals surface area contributed by atoms with Crippen molar-refractivity contribution in [3.63, 3.8) is 0 Å². The minimum absolute atomic E-state index is 0.0218. The summed E-state index contributed by atoms with van der Waals surface area (Å²) in [5.41, 5.74) is 2.14. The Balaban J connectivity index is 1.65. The minimum atomic E-state index is 0.0218. The number of alkyl halides is 1. The van der Waals surface area contributed by atoms with E-state index in [9.17, 15) is 4.79 Å². The Hall–Kier alpha value is -1.39. The van der Waals surface area contributed by atoms with Crippen molar-refractivity contribution in [3.05, 3.63) is 52.0 Å². The summed E-state index contributed by atoms with van der Waals surface area (Å²) in [5.74, 6) is 0.420. The first-order valence-electron chi connectivity index (χ1n) is 6.58. The molecule has 1 amide bonds. The summed E-state index contributed by atoms with van der Waals surface area (Å²) in [6, 6.07) is 10.3. The highest BCUT2D eigenvalue weighted by molar-refractivity contribution is 7.09. The number of thiazole rings is 1. The van der Waals surface area contributed by atoms with Crippen LogP contribution in [0.2, 0.25) is 0 Å². The van der Waals surface area contributed by atoms with Crippen LogP contribution in [0.4, 0.5) is 0 Å². The number of benzene rings is 1. The molecule has 2 aromatic rings. The molecule has 20 heavy (non-hydrogen) atoms. The molecule has 1 N–H and O–H groups in total. The Morgan fingerprint density at radius 2 is 2.10 bits per heavy atom. The lowest BCUT2D eigenvalue weighted by Gasteiger charge is -2.04. The van der Waals surface area contributed by atoms with Crippen LogP contribution in [-0.2, 0) is 23.5 Å². The van der Waals surface area contributed by atoms with Crippen LogP contribution in [-0.4, -0.2) is 17.4 Å². The highest BCUT2D eigenvalue weighted by atomic mass is 35.5. The molecule has 1 aromatic heterocycles. The highest BCUT2D eigenvalue weighted by Crippen LogP contribution is 2.12. The summed E-state index contributed by atoms with van der Waals surface area (Å²) in [5, 5.41) is 5.64. The van der Waals surface area contributed by atoms with E-state index in [0.717, 1.165) is 23.5 Å². The number of nitrogens with zero attached hydrogens (tertiary/aromatic N) is 1. The molecule has 0 spiro atoms. The van der Waals surface area contributed by atoms with Gasteiger partial charge >= 0.3 is 0 Å². The van der Waals surface area contributed by atoms with E-state index in [4.69, 9.17) is 11.6 Å². The van der Waals surface area contributed by atoms with Crippen molar-refractivity contribution in [1.29, 1.82) is 0 Å². The van der Waals surface area contributed by atoms with E-state index in [1.807, 2.05) is 23.6 Å². The second kappa shape index (κ2) is 8.02. The second-order valence-electron chi connectivity index (χ2n) is 4.48. The fraction of sp³-hybridized carbons (Fsp3) is 0.333. The van der Waals surface area contributed by atoms with E-state index >= 15 is 0 Å². The first kappa shape index (κ1) is 15.0. The summed E-state index contributed by atoms with van der Waals surface area (Å²) in [6.07, 6.45) is 2.27. The number of aryl methyl sites for hydroxylation is 1. The van der Waals surface area contributed by atoms with Crippen LogP contribution in [0.1, 0.15) is 22.7 Å². The Kier molecular flexibility index (Phi) is 6.02. The van der Waals surface area contributed by atoms with Gasteiger partial charge in [0.05, 0.1) is 18.0 Å². The predicted molar refractivity (Wildman–Crippen MR) is 83.1 cm³/mol. The van der Waals surface area contributed by atoms with E-state index in [2.05, 4.69) is 22.4 Å². The van der Waals surface area contributed by atoms with Crippen molar-refractivity contribution in [1.82, 2.24) is 10.3 Å². The molecule has 0 unspecified atom stereocenters. The molecule has 0 aliphatic rings. The van der Waals surface area contributed by atoms with Gasteiger partial charge in [-0.2, -0.15) is 0 Å². The molecule has 0 saturated carbocycles. The Morgan fingerprint density at radius 3 is 2.80 bits per heavy atom. The number of carbonyl (C=O) groups excluding carboxylic acids is 1. The maximum atomic E-state index is 11.7. The van der Waals surface area contributed by atoms with Gasteiger partial charge in [0, 0.05) is 11.9 Å². The molecule has 5 heteroatoms. The van der Waals surface area contributed by atoms with Crippen LogP contribution < -0.4 is 5.32 Å². The summed E-state index contributed by atoms with van der Waals surface area (Å²) in [4.78, 5) is 16.0. The topological polar surface area (TPSA) is 42.0 Å². The van der Waals surface area contributed by atoms with Crippen molar-refractivity contribution in [2.45, 2.75) is 25.1 Å². The molecular formula is C15H17ClN2OS. The number of amides is 1. The van der Waals surface area contributed by atoms with Crippen molar-refractivity contribution in [2.24, 2.45) is 0 Å². The van der Waals surface area contributed by atoms with Crippen LogP contribution in [0.25, 0.3) is 0 Å². The van der Waals surface area contributed by atoms with E-state index in [-0.39, 0.29) is 5.91 Å². The average Bonchev–Trinajstić information content (AvgIpc) is 2.92. The predicted octanol–water partition coefficient (Wildman–Crippen LogP) is 3.17. The molecule has 0 bridgehead atoms. The van der Waals surface area contributed by atoms with Gasteiger partial charge in [0.1, 0.15) is 5.01 Å². The number of carbonyl (C=O) groups is 1.